The molecule has 0 unspecified atom stereocenters. The average Bonchev–Trinajstić information content (AvgIpc) is 2.86. The third-order valence-corrected chi connectivity index (χ3v) is 3.42. The molecule has 2 rings (SSSR count). The lowest BCUT2D eigenvalue weighted by Gasteiger charge is -2.09. The quantitative estimate of drug-likeness (QED) is 0.858. The van der Waals surface area contributed by atoms with Crippen LogP contribution in [0.25, 0.3) is 11.4 Å². The second-order valence-corrected chi connectivity index (χ2v) is 5.92. The summed E-state index contributed by atoms with van der Waals surface area (Å²) in [5.41, 5.74) is 0.490. The highest BCUT2D eigenvalue weighted by Gasteiger charge is 2.20. The van der Waals surface area contributed by atoms with Crippen LogP contribution in [-0.2, 0) is 9.05 Å². The minimum atomic E-state index is -3.95. The van der Waals surface area contributed by atoms with E-state index >= 15 is 0 Å². The molecule has 2 aromatic rings. The summed E-state index contributed by atoms with van der Waals surface area (Å²) in [5.74, 6) is 1.04. The van der Waals surface area contributed by atoms with Gasteiger partial charge in [0.2, 0.25) is 0 Å². The predicted octanol–water partition coefficient (Wildman–Crippen LogP) is 1.42. The topological polar surface area (TPSA) is 94.2 Å². The summed E-state index contributed by atoms with van der Waals surface area (Å²) < 4.78 is 32.6. The fourth-order valence-electron chi connectivity index (χ4n) is 1.54. The zero-order chi connectivity index (χ0) is 14.0. The molecule has 0 spiro atoms. The predicted molar refractivity (Wildman–Crippen MR) is 68.0 cm³/mol. The fourth-order valence-corrected chi connectivity index (χ4v) is 2.10. The van der Waals surface area contributed by atoms with Crippen molar-refractivity contribution in [2.45, 2.75) is 5.16 Å². The van der Waals surface area contributed by atoms with E-state index in [1.165, 1.54) is 14.2 Å². The fraction of sp³-hybridized carbons (Fsp3) is 0.200. The van der Waals surface area contributed by atoms with Gasteiger partial charge in [0.15, 0.2) is 17.3 Å². The molecule has 0 fully saturated rings. The maximum absolute atomic E-state index is 11.1. The van der Waals surface area contributed by atoms with Crippen LogP contribution in [0, 0.1) is 0 Å². The number of aromatic amines is 1. The standard InChI is InChI=1S/C10H10ClN3O4S/c1-17-7-5-3-4-6(8(7)18-2)9-12-10(14-13-9)19(11,15)16/h3-5H,1-2H3,(H,12,13,14). The van der Waals surface area contributed by atoms with E-state index < -0.39 is 14.2 Å². The van der Waals surface area contributed by atoms with E-state index in [1.807, 2.05) is 0 Å². The van der Waals surface area contributed by atoms with Gasteiger partial charge in [-0.2, -0.15) is 10.1 Å². The van der Waals surface area contributed by atoms with Gasteiger partial charge in [-0.3, -0.25) is 0 Å². The lowest BCUT2D eigenvalue weighted by atomic mass is 10.2. The van der Waals surface area contributed by atoms with Crippen molar-refractivity contribution in [3.05, 3.63) is 18.2 Å². The number of nitrogens with one attached hydrogen (secondary N) is 1. The molecule has 1 aromatic carbocycles. The normalized spacial score (nSPS) is 11.3. The molecule has 19 heavy (non-hydrogen) atoms. The number of aromatic nitrogens is 3. The van der Waals surface area contributed by atoms with Gasteiger partial charge >= 0.3 is 0 Å². The van der Waals surface area contributed by atoms with Gasteiger partial charge in [0.25, 0.3) is 14.2 Å². The Kier molecular flexibility index (Phi) is 3.63. The molecule has 9 heteroatoms. The van der Waals surface area contributed by atoms with E-state index in [-0.39, 0.29) is 5.82 Å². The number of benzene rings is 1. The second-order valence-electron chi connectivity index (χ2n) is 3.44. The largest absolute Gasteiger partial charge is 0.493 e. The summed E-state index contributed by atoms with van der Waals surface area (Å²) in [7, 11) is 4.18. The summed E-state index contributed by atoms with van der Waals surface area (Å²) in [6.45, 7) is 0. The summed E-state index contributed by atoms with van der Waals surface area (Å²) in [4.78, 5) is 3.81. The Morgan fingerprint density at radius 3 is 2.53 bits per heavy atom. The SMILES string of the molecule is COc1cccc(-c2n[nH]c(S(=O)(=O)Cl)n2)c1OC. The van der Waals surface area contributed by atoms with Crippen molar-refractivity contribution in [2.24, 2.45) is 0 Å². The van der Waals surface area contributed by atoms with Crippen LogP contribution in [0.15, 0.2) is 23.4 Å². The molecule has 0 amide bonds. The van der Waals surface area contributed by atoms with E-state index in [9.17, 15) is 8.42 Å². The van der Waals surface area contributed by atoms with Crippen molar-refractivity contribution < 1.29 is 17.9 Å². The number of methoxy groups -OCH3 is 2. The van der Waals surface area contributed by atoms with Crippen LogP contribution in [0.5, 0.6) is 11.5 Å². The lowest BCUT2D eigenvalue weighted by molar-refractivity contribution is 0.356. The van der Waals surface area contributed by atoms with Gasteiger partial charge in [-0.1, -0.05) is 6.07 Å². The molecule has 7 nitrogen and oxygen atoms in total. The highest BCUT2D eigenvalue weighted by atomic mass is 35.7. The number of H-pyrrole nitrogens is 1. The number of hydrogen-bond acceptors (Lipinski definition) is 6. The average molecular weight is 304 g/mol. The van der Waals surface area contributed by atoms with Gasteiger partial charge in [0, 0.05) is 10.7 Å². The second kappa shape index (κ2) is 5.06. The first kappa shape index (κ1) is 13.6. The smallest absolute Gasteiger partial charge is 0.296 e. The van der Waals surface area contributed by atoms with Gasteiger partial charge in [-0.25, -0.2) is 13.5 Å². The molecule has 0 aliphatic carbocycles. The third kappa shape index (κ3) is 2.64. The Hall–Kier alpha value is -1.80. The molecule has 0 saturated carbocycles. The van der Waals surface area contributed by atoms with Gasteiger partial charge in [-0.15, -0.1) is 0 Å². The van der Waals surface area contributed by atoms with Crippen LogP contribution in [0.2, 0.25) is 0 Å². The molecule has 0 saturated heterocycles. The maximum Gasteiger partial charge on any atom is 0.296 e. The number of hydrogen-bond donors (Lipinski definition) is 1. The first-order valence-electron chi connectivity index (χ1n) is 5.05. The molecule has 0 bridgehead atoms. The van der Waals surface area contributed by atoms with Crippen molar-refractivity contribution in [2.75, 3.05) is 14.2 Å². The molecular weight excluding hydrogens is 294 g/mol. The van der Waals surface area contributed by atoms with Crippen LogP contribution >= 0.6 is 10.7 Å². The van der Waals surface area contributed by atoms with Crippen LogP contribution < -0.4 is 9.47 Å². The van der Waals surface area contributed by atoms with Gasteiger partial charge in [0.05, 0.1) is 19.8 Å². The van der Waals surface area contributed by atoms with Crippen LogP contribution in [0.3, 0.4) is 0 Å². The van der Waals surface area contributed by atoms with Crippen molar-refractivity contribution >= 4 is 19.7 Å². The Bertz CT molecular complexity index is 699. The highest BCUT2D eigenvalue weighted by molar-refractivity contribution is 8.13. The molecule has 102 valence electrons. The molecular formula is C10H10ClN3O4S. The minimum absolute atomic E-state index is 0.148. The molecule has 0 radical (unpaired) electrons. The van der Waals surface area contributed by atoms with E-state index in [4.69, 9.17) is 20.2 Å². The maximum atomic E-state index is 11.1. The van der Waals surface area contributed by atoms with Crippen LogP contribution in [0.1, 0.15) is 0 Å². The van der Waals surface area contributed by atoms with Gasteiger partial charge in [-0.05, 0) is 12.1 Å². The van der Waals surface area contributed by atoms with Gasteiger partial charge in [0.1, 0.15) is 0 Å². The zero-order valence-corrected chi connectivity index (χ0v) is 11.6. The van der Waals surface area contributed by atoms with Crippen molar-refractivity contribution in [3.63, 3.8) is 0 Å². The first-order valence-corrected chi connectivity index (χ1v) is 7.36. The molecule has 1 aromatic heterocycles. The Balaban J connectivity index is 2.56. The van der Waals surface area contributed by atoms with Crippen LogP contribution in [-0.4, -0.2) is 37.8 Å². The molecule has 0 aliphatic rings. The summed E-state index contributed by atoms with van der Waals surface area (Å²) in [6, 6.07) is 5.09. The molecule has 0 aliphatic heterocycles. The minimum Gasteiger partial charge on any atom is -0.493 e. The highest BCUT2D eigenvalue weighted by Crippen LogP contribution is 2.36. The van der Waals surface area contributed by atoms with E-state index in [1.54, 1.807) is 18.2 Å². The number of para-hydroxylation sites is 1. The summed E-state index contributed by atoms with van der Waals surface area (Å²) >= 11 is 0. The van der Waals surface area contributed by atoms with Crippen molar-refractivity contribution in [1.29, 1.82) is 0 Å². The monoisotopic (exact) mass is 303 g/mol. The Labute approximate surface area is 113 Å². The first-order chi connectivity index (χ1) is 8.97. The van der Waals surface area contributed by atoms with Gasteiger partial charge < -0.3 is 9.47 Å². The number of nitrogens with zero attached hydrogens (tertiary/aromatic N) is 2. The number of ether oxygens (including phenoxy) is 2. The number of rotatable bonds is 4. The molecule has 0 atom stereocenters. The third-order valence-electron chi connectivity index (χ3n) is 2.34. The van der Waals surface area contributed by atoms with E-state index in [0.29, 0.717) is 17.1 Å². The number of halogens is 1. The van der Waals surface area contributed by atoms with E-state index in [2.05, 4.69) is 15.2 Å². The van der Waals surface area contributed by atoms with Crippen molar-refractivity contribution in [1.82, 2.24) is 15.2 Å². The summed E-state index contributed by atoms with van der Waals surface area (Å²) in [6.07, 6.45) is 0. The summed E-state index contributed by atoms with van der Waals surface area (Å²) in [5, 5.41) is 5.64. The van der Waals surface area contributed by atoms with Crippen molar-refractivity contribution in [3.8, 4) is 22.9 Å². The van der Waals surface area contributed by atoms with Crippen LogP contribution in [0.4, 0.5) is 0 Å². The molecule has 1 N–H and O–H groups in total. The lowest BCUT2D eigenvalue weighted by Crippen LogP contribution is -1.95. The van der Waals surface area contributed by atoms with E-state index in [0.717, 1.165) is 0 Å². The Morgan fingerprint density at radius 1 is 1.26 bits per heavy atom. The zero-order valence-electron chi connectivity index (χ0n) is 10.0. The molecule has 1 heterocycles. The Morgan fingerprint density at radius 2 is 2.00 bits per heavy atom.